The number of rotatable bonds is 6. The number of nitrogens with zero attached hydrogens (tertiary/aromatic N) is 1. The second-order valence-electron chi connectivity index (χ2n) is 3.19. The molecule has 14 heavy (non-hydrogen) atoms. The molecule has 0 spiro atoms. The van der Waals surface area contributed by atoms with Gasteiger partial charge in [-0.3, -0.25) is 4.79 Å². The maximum Gasteiger partial charge on any atom is 0.236 e. The average Bonchev–Trinajstić information content (AvgIpc) is 2.49. The fourth-order valence-electron chi connectivity index (χ4n) is 1.34. The van der Waals surface area contributed by atoms with Gasteiger partial charge in [0.25, 0.3) is 0 Å². The molecule has 0 aromatic carbocycles. The fourth-order valence-corrected chi connectivity index (χ4v) is 1.84. The lowest BCUT2D eigenvalue weighted by Crippen LogP contribution is -2.31. The molecule has 1 rings (SSSR count). The van der Waals surface area contributed by atoms with Crippen molar-refractivity contribution in [2.75, 3.05) is 40.0 Å². The third-order valence-electron chi connectivity index (χ3n) is 2.17. The highest BCUT2D eigenvalue weighted by Crippen LogP contribution is 2.17. The van der Waals surface area contributed by atoms with Crippen LogP contribution in [0.4, 0.5) is 0 Å². The van der Waals surface area contributed by atoms with Gasteiger partial charge < -0.3 is 14.4 Å². The maximum absolute atomic E-state index is 11.4. The molecule has 1 amide bonds. The van der Waals surface area contributed by atoms with E-state index in [1.807, 2.05) is 4.90 Å². The van der Waals surface area contributed by atoms with Crippen LogP contribution in [-0.2, 0) is 14.3 Å². The van der Waals surface area contributed by atoms with E-state index >= 15 is 0 Å². The summed E-state index contributed by atoms with van der Waals surface area (Å²) in [6, 6.07) is 0. The summed E-state index contributed by atoms with van der Waals surface area (Å²) in [5.41, 5.74) is 0. The van der Waals surface area contributed by atoms with Crippen LogP contribution in [0.1, 0.15) is 6.42 Å². The minimum atomic E-state index is 0.0153. The highest BCUT2D eigenvalue weighted by molar-refractivity contribution is 9.10. The number of amides is 1. The van der Waals surface area contributed by atoms with Crippen molar-refractivity contribution in [1.82, 2.24) is 4.90 Å². The van der Waals surface area contributed by atoms with Crippen LogP contribution in [-0.4, -0.2) is 55.7 Å². The smallest absolute Gasteiger partial charge is 0.236 e. The van der Waals surface area contributed by atoms with Crippen LogP contribution in [0.5, 0.6) is 0 Å². The molecular formula is C9H16BrNO3. The summed E-state index contributed by atoms with van der Waals surface area (Å²) in [7, 11) is 1.64. The van der Waals surface area contributed by atoms with E-state index < -0.39 is 0 Å². The SMILES string of the molecule is COCCOCCN1CCC(Br)C1=O. The van der Waals surface area contributed by atoms with Crippen molar-refractivity contribution in [1.29, 1.82) is 0 Å². The summed E-state index contributed by atoms with van der Waals surface area (Å²) >= 11 is 3.33. The van der Waals surface area contributed by atoms with E-state index in [9.17, 15) is 4.79 Å². The minimum Gasteiger partial charge on any atom is -0.382 e. The van der Waals surface area contributed by atoms with E-state index in [2.05, 4.69) is 15.9 Å². The molecule has 0 N–H and O–H groups in total. The topological polar surface area (TPSA) is 38.8 Å². The highest BCUT2D eigenvalue weighted by Gasteiger charge is 2.28. The third-order valence-corrected chi connectivity index (χ3v) is 3.02. The molecule has 1 unspecified atom stereocenters. The predicted octanol–water partition coefficient (Wildman–Crippen LogP) is 0.645. The van der Waals surface area contributed by atoms with Gasteiger partial charge in [-0.05, 0) is 6.42 Å². The zero-order chi connectivity index (χ0) is 10.4. The summed E-state index contributed by atoms with van der Waals surface area (Å²) in [6.45, 7) is 3.31. The van der Waals surface area contributed by atoms with Crippen molar-refractivity contribution in [3.05, 3.63) is 0 Å². The molecule has 0 radical (unpaired) electrons. The van der Waals surface area contributed by atoms with Gasteiger partial charge >= 0.3 is 0 Å². The van der Waals surface area contributed by atoms with Crippen LogP contribution in [0.3, 0.4) is 0 Å². The molecule has 1 aliphatic rings. The number of carbonyl (C=O) groups is 1. The molecule has 0 aliphatic carbocycles. The first-order valence-corrected chi connectivity index (χ1v) is 5.67. The summed E-state index contributed by atoms with van der Waals surface area (Å²) in [5, 5.41) is 0. The van der Waals surface area contributed by atoms with Crippen molar-refractivity contribution in [2.24, 2.45) is 0 Å². The van der Waals surface area contributed by atoms with Gasteiger partial charge in [0.05, 0.1) is 24.6 Å². The number of hydrogen-bond donors (Lipinski definition) is 0. The fraction of sp³-hybridized carbons (Fsp3) is 0.889. The molecular weight excluding hydrogens is 250 g/mol. The summed E-state index contributed by atoms with van der Waals surface area (Å²) in [4.78, 5) is 13.3. The number of halogens is 1. The molecule has 4 nitrogen and oxygen atoms in total. The van der Waals surface area contributed by atoms with Crippen molar-refractivity contribution < 1.29 is 14.3 Å². The molecule has 1 aliphatic heterocycles. The monoisotopic (exact) mass is 265 g/mol. The lowest BCUT2D eigenvalue weighted by molar-refractivity contribution is -0.127. The Hall–Kier alpha value is -0.130. The predicted molar refractivity (Wildman–Crippen MR) is 56.6 cm³/mol. The first-order valence-electron chi connectivity index (χ1n) is 4.75. The molecule has 1 fully saturated rings. The van der Waals surface area contributed by atoms with Gasteiger partial charge in [0.1, 0.15) is 0 Å². The Labute approximate surface area is 92.7 Å². The maximum atomic E-state index is 11.4. The van der Waals surface area contributed by atoms with E-state index in [1.54, 1.807) is 7.11 Å². The second-order valence-corrected chi connectivity index (χ2v) is 4.29. The Kier molecular flexibility index (Phi) is 5.44. The number of carbonyl (C=O) groups excluding carboxylic acids is 1. The van der Waals surface area contributed by atoms with Gasteiger partial charge in [-0.1, -0.05) is 15.9 Å². The first-order chi connectivity index (χ1) is 6.75. The van der Waals surface area contributed by atoms with Crippen molar-refractivity contribution in [3.63, 3.8) is 0 Å². The molecule has 0 saturated carbocycles. The number of alkyl halides is 1. The molecule has 0 aromatic rings. The average molecular weight is 266 g/mol. The van der Waals surface area contributed by atoms with Crippen LogP contribution >= 0.6 is 15.9 Å². The molecule has 1 heterocycles. The summed E-state index contributed by atoms with van der Waals surface area (Å²) in [5.74, 6) is 0.181. The molecule has 1 atom stereocenters. The van der Waals surface area contributed by atoms with E-state index in [0.29, 0.717) is 26.4 Å². The van der Waals surface area contributed by atoms with Gasteiger partial charge in [0.15, 0.2) is 0 Å². The number of ether oxygens (including phenoxy) is 2. The number of hydrogen-bond acceptors (Lipinski definition) is 3. The number of likely N-dealkylation sites (tertiary alicyclic amines) is 1. The van der Waals surface area contributed by atoms with Gasteiger partial charge in [-0.2, -0.15) is 0 Å². The Balaban J connectivity index is 2.04. The third kappa shape index (κ3) is 3.55. The van der Waals surface area contributed by atoms with E-state index in [-0.39, 0.29) is 10.7 Å². The van der Waals surface area contributed by atoms with Gasteiger partial charge in [0.2, 0.25) is 5.91 Å². The summed E-state index contributed by atoms with van der Waals surface area (Å²) < 4.78 is 10.1. The van der Waals surface area contributed by atoms with E-state index in [0.717, 1.165) is 13.0 Å². The Morgan fingerprint density at radius 1 is 1.50 bits per heavy atom. The molecule has 0 aromatic heterocycles. The van der Waals surface area contributed by atoms with E-state index in [4.69, 9.17) is 9.47 Å². The Morgan fingerprint density at radius 3 is 2.86 bits per heavy atom. The van der Waals surface area contributed by atoms with Crippen molar-refractivity contribution >= 4 is 21.8 Å². The largest absolute Gasteiger partial charge is 0.382 e. The van der Waals surface area contributed by atoms with E-state index in [1.165, 1.54) is 0 Å². The zero-order valence-corrected chi connectivity index (χ0v) is 9.96. The standard InChI is InChI=1S/C9H16BrNO3/c1-13-6-7-14-5-4-11-3-2-8(10)9(11)12/h8H,2-7H2,1H3. The lowest BCUT2D eigenvalue weighted by Gasteiger charge is -2.15. The summed E-state index contributed by atoms with van der Waals surface area (Å²) in [6.07, 6.45) is 0.900. The normalized spacial score (nSPS) is 22.0. The highest BCUT2D eigenvalue weighted by atomic mass is 79.9. The van der Waals surface area contributed by atoms with Crippen molar-refractivity contribution in [2.45, 2.75) is 11.2 Å². The van der Waals surface area contributed by atoms with Crippen molar-refractivity contribution in [3.8, 4) is 0 Å². The number of methoxy groups -OCH3 is 1. The lowest BCUT2D eigenvalue weighted by atomic mass is 10.4. The van der Waals surface area contributed by atoms with Gasteiger partial charge in [0, 0.05) is 20.2 Å². The second kappa shape index (κ2) is 6.37. The van der Waals surface area contributed by atoms with Crippen LogP contribution in [0.15, 0.2) is 0 Å². The van der Waals surface area contributed by atoms with Crippen LogP contribution in [0.2, 0.25) is 0 Å². The van der Waals surface area contributed by atoms with Crippen LogP contribution in [0.25, 0.3) is 0 Å². The quantitative estimate of drug-likeness (QED) is 0.523. The molecule has 5 heteroatoms. The Bertz CT molecular complexity index is 189. The Morgan fingerprint density at radius 2 is 2.29 bits per heavy atom. The van der Waals surface area contributed by atoms with Gasteiger partial charge in [-0.25, -0.2) is 0 Å². The van der Waals surface area contributed by atoms with Gasteiger partial charge in [-0.15, -0.1) is 0 Å². The zero-order valence-electron chi connectivity index (χ0n) is 8.37. The molecule has 0 bridgehead atoms. The molecule has 1 saturated heterocycles. The first kappa shape index (κ1) is 11.9. The minimum absolute atomic E-state index is 0.0153. The molecule has 82 valence electrons. The van der Waals surface area contributed by atoms with Crippen LogP contribution < -0.4 is 0 Å². The van der Waals surface area contributed by atoms with Crippen LogP contribution in [0, 0.1) is 0 Å².